The molecule has 0 aliphatic heterocycles. The third kappa shape index (κ3) is 5.50. The predicted octanol–water partition coefficient (Wildman–Crippen LogP) is 4.87. The van der Waals surface area contributed by atoms with E-state index in [1.54, 1.807) is 17.6 Å². The van der Waals surface area contributed by atoms with Gasteiger partial charge in [0.05, 0.1) is 6.21 Å². The molecule has 3 heteroatoms. The van der Waals surface area contributed by atoms with Crippen molar-refractivity contribution in [3.05, 3.63) is 35.0 Å². The van der Waals surface area contributed by atoms with E-state index in [-0.39, 0.29) is 5.60 Å². The molecule has 100 valence electrons. The number of rotatable bonds is 8. The molecule has 0 saturated carbocycles. The zero-order chi connectivity index (χ0) is 13.4. The average Bonchev–Trinajstić information content (AvgIpc) is 2.81. The molecule has 0 radical (unpaired) electrons. The fourth-order valence-electron chi connectivity index (χ4n) is 1.61. The van der Waals surface area contributed by atoms with Gasteiger partial charge < -0.3 is 4.84 Å². The molecule has 0 spiro atoms. The van der Waals surface area contributed by atoms with Crippen LogP contribution in [0.3, 0.4) is 0 Å². The van der Waals surface area contributed by atoms with Crippen molar-refractivity contribution in [1.82, 2.24) is 0 Å². The molecule has 0 amide bonds. The van der Waals surface area contributed by atoms with E-state index in [9.17, 15) is 0 Å². The second-order valence-electron chi connectivity index (χ2n) is 5.14. The monoisotopic (exact) mass is 265 g/mol. The van der Waals surface area contributed by atoms with Crippen molar-refractivity contribution in [2.45, 2.75) is 45.6 Å². The van der Waals surface area contributed by atoms with Crippen LogP contribution in [0.1, 0.15) is 44.9 Å². The van der Waals surface area contributed by atoms with Gasteiger partial charge in [0.1, 0.15) is 0 Å². The van der Waals surface area contributed by atoms with Crippen LogP contribution in [0.15, 0.2) is 35.3 Å². The molecule has 18 heavy (non-hydrogen) atoms. The summed E-state index contributed by atoms with van der Waals surface area (Å²) >= 11 is 1.65. The van der Waals surface area contributed by atoms with E-state index in [4.69, 9.17) is 4.84 Å². The lowest BCUT2D eigenvalue weighted by Gasteiger charge is -2.23. The first-order chi connectivity index (χ1) is 8.56. The Morgan fingerprint density at radius 1 is 1.56 bits per heavy atom. The Hall–Kier alpha value is -1.09. The summed E-state index contributed by atoms with van der Waals surface area (Å²) in [6.07, 6.45) is 6.90. The Kier molecular flexibility index (Phi) is 6.13. The van der Waals surface area contributed by atoms with Crippen LogP contribution in [-0.4, -0.2) is 11.8 Å². The van der Waals surface area contributed by atoms with Gasteiger partial charge in [0.25, 0.3) is 0 Å². The maximum absolute atomic E-state index is 5.59. The zero-order valence-corrected chi connectivity index (χ0v) is 12.4. The summed E-state index contributed by atoms with van der Waals surface area (Å²) in [6.45, 7) is 10.4. The van der Waals surface area contributed by atoms with Crippen molar-refractivity contribution in [2.24, 2.45) is 11.1 Å². The standard InChI is InChI=1S/C15H23NOS/c1-5-15(4,10-6-8-13(2)3)17-16-12-14-9-7-11-18-14/h5,7,9,11-13H,1,6,8,10H2,2-4H3. The van der Waals surface area contributed by atoms with Gasteiger partial charge in [0.2, 0.25) is 0 Å². The van der Waals surface area contributed by atoms with Crippen LogP contribution in [-0.2, 0) is 4.84 Å². The summed E-state index contributed by atoms with van der Waals surface area (Å²) < 4.78 is 0. The Balaban J connectivity index is 2.41. The van der Waals surface area contributed by atoms with E-state index in [2.05, 4.69) is 25.6 Å². The summed E-state index contributed by atoms with van der Waals surface area (Å²) in [4.78, 5) is 6.69. The maximum Gasteiger partial charge on any atom is 0.152 e. The lowest BCUT2D eigenvalue weighted by atomic mass is 9.96. The van der Waals surface area contributed by atoms with Gasteiger partial charge in [0.15, 0.2) is 5.60 Å². The SMILES string of the molecule is C=CC(C)(CCCC(C)C)ON=Cc1cccs1. The van der Waals surface area contributed by atoms with Crippen molar-refractivity contribution < 1.29 is 4.84 Å². The van der Waals surface area contributed by atoms with Crippen molar-refractivity contribution >= 4 is 17.6 Å². The summed E-state index contributed by atoms with van der Waals surface area (Å²) in [5.74, 6) is 0.730. The Morgan fingerprint density at radius 3 is 2.89 bits per heavy atom. The molecule has 0 bridgehead atoms. The normalized spacial score (nSPS) is 14.9. The number of hydrogen-bond acceptors (Lipinski definition) is 3. The van der Waals surface area contributed by atoms with Crippen LogP contribution in [0.4, 0.5) is 0 Å². The zero-order valence-electron chi connectivity index (χ0n) is 11.6. The van der Waals surface area contributed by atoms with Gasteiger partial charge in [-0.25, -0.2) is 0 Å². The second-order valence-corrected chi connectivity index (χ2v) is 6.12. The lowest BCUT2D eigenvalue weighted by molar-refractivity contribution is 0.00227. The van der Waals surface area contributed by atoms with E-state index in [0.717, 1.165) is 23.6 Å². The minimum absolute atomic E-state index is 0.358. The Bertz CT molecular complexity index is 370. The van der Waals surface area contributed by atoms with Crippen LogP contribution >= 0.6 is 11.3 Å². The summed E-state index contributed by atoms with van der Waals surface area (Å²) in [5.41, 5.74) is -0.358. The quantitative estimate of drug-likeness (QED) is 0.373. The van der Waals surface area contributed by atoms with Crippen molar-refractivity contribution in [2.75, 3.05) is 0 Å². The van der Waals surface area contributed by atoms with E-state index in [1.165, 1.54) is 6.42 Å². The number of oxime groups is 1. The molecule has 2 nitrogen and oxygen atoms in total. The first kappa shape index (κ1) is 15.0. The van der Waals surface area contributed by atoms with E-state index in [0.29, 0.717) is 0 Å². The van der Waals surface area contributed by atoms with Gasteiger partial charge in [-0.2, -0.15) is 0 Å². The van der Waals surface area contributed by atoms with Crippen LogP contribution in [0, 0.1) is 5.92 Å². The van der Waals surface area contributed by atoms with E-state index >= 15 is 0 Å². The highest BCUT2D eigenvalue weighted by Gasteiger charge is 2.21. The highest BCUT2D eigenvalue weighted by molar-refractivity contribution is 7.11. The highest BCUT2D eigenvalue weighted by atomic mass is 32.1. The second kappa shape index (κ2) is 7.37. The van der Waals surface area contributed by atoms with Crippen LogP contribution in [0.2, 0.25) is 0 Å². The fourth-order valence-corrected chi connectivity index (χ4v) is 2.19. The number of thiophene rings is 1. The molecule has 1 heterocycles. The number of hydrogen-bond donors (Lipinski definition) is 0. The highest BCUT2D eigenvalue weighted by Crippen LogP contribution is 2.22. The fraction of sp³-hybridized carbons (Fsp3) is 0.533. The molecule has 1 aromatic heterocycles. The van der Waals surface area contributed by atoms with Gasteiger partial charge >= 0.3 is 0 Å². The topological polar surface area (TPSA) is 21.6 Å². The van der Waals surface area contributed by atoms with Gasteiger partial charge in [-0.1, -0.05) is 38.1 Å². The van der Waals surface area contributed by atoms with E-state index < -0.39 is 0 Å². The molecular weight excluding hydrogens is 242 g/mol. The van der Waals surface area contributed by atoms with Gasteiger partial charge in [-0.05, 0) is 43.2 Å². The molecule has 1 aromatic rings. The Labute approximate surface area is 114 Å². The average molecular weight is 265 g/mol. The molecule has 0 N–H and O–H groups in total. The number of nitrogens with zero attached hydrogens (tertiary/aromatic N) is 1. The molecule has 0 aliphatic carbocycles. The molecule has 1 rings (SSSR count). The molecular formula is C15H23NOS. The first-order valence-corrected chi connectivity index (χ1v) is 7.32. The summed E-state index contributed by atoms with van der Waals surface area (Å²) in [5, 5.41) is 6.09. The smallest absolute Gasteiger partial charge is 0.152 e. The van der Waals surface area contributed by atoms with Crippen molar-refractivity contribution in [1.29, 1.82) is 0 Å². The third-order valence-corrected chi connectivity index (χ3v) is 3.68. The third-order valence-electron chi connectivity index (χ3n) is 2.87. The molecule has 0 fully saturated rings. The van der Waals surface area contributed by atoms with E-state index in [1.807, 2.05) is 30.5 Å². The largest absolute Gasteiger partial charge is 0.385 e. The van der Waals surface area contributed by atoms with Gasteiger partial charge in [0, 0.05) is 4.88 Å². The molecule has 0 saturated heterocycles. The van der Waals surface area contributed by atoms with Crippen LogP contribution < -0.4 is 0 Å². The maximum atomic E-state index is 5.59. The van der Waals surface area contributed by atoms with Crippen LogP contribution in [0.25, 0.3) is 0 Å². The van der Waals surface area contributed by atoms with Crippen molar-refractivity contribution in [3.8, 4) is 0 Å². The molecule has 1 unspecified atom stereocenters. The summed E-state index contributed by atoms with van der Waals surface area (Å²) in [7, 11) is 0. The van der Waals surface area contributed by atoms with Crippen LogP contribution in [0.5, 0.6) is 0 Å². The van der Waals surface area contributed by atoms with Gasteiger partial charge in [-0.3, -0.25) is 0 Å². The first-order valence-electron chi connectivity index (χ1n) is 6.44. The minimum atomic E-state index is -0.358. The lowest BCUT2D eigenvalue weighted by Crippen LogP contribution is -2.23. The molecule has 0 aliphatic rings. The Morgan fingerprint density at radius 2 is 2.33 bits per heavy atom. The predicted molar refractivity (Wildman–Crippen MR) is 80.3 cm³/mol. The van der Waals surface area contributed by atoms with Gasteiger partial charge in [-0.15, -0.1) is 11.3 Å². The molecule has 0 aromatic carbocycles. The minimum Gasteiger partial charge on any atom is -0.385 e. The summed E-state index contributed by atoms with van der Waals surface area (Å²) in [6, 6.07) is 4.02. The van der Waals surface area contributed by atoms with Crippen molar-refractivity contribution in [3.63, 3.8) is 0 Å². The molecule has 1 atom stereocenters.